The third-order valence-corrected chi connectivity index (χ3v) is 5.05. The van der Waals surface area contributed by atoms with Gasteiger partial charge in [0.05, 0.1) is 6.33 Å². The number of hydrogen-bond acceptors (Lipinski definition) is 2. The van der Waals surface area contributed by atoms with Crippen LogP contribution in [0, 0.1) is 0 Å². The Labute approximate surface area is 151 Å². The molecule has 24 heavy (non-hydrogen) atoms. The van der Waals surface area contributed by atoms with Gasteiger partial charge in [0.2, 0.25) is 0 Å². The molecule has 0 aliphatic heterocycles. The number of aliphatic imine (C=N–C) groups is 1. The summed E-state index contributed by atoms with van der Waals surface area (Å²) in [6.07, 6.45) is 9.14. The standard InChI is InChI=1S/C18H24BrN5/c1-20-17(22-8-3-10-24-11-9-21-14-24)23-13-18(6-7-18)15-4-2-5-16(19)12-15/h2,4-5,9,11-12,14H,3,6-8,10,13H2,1H3,(H2,20,22,23). The highest BCUT2D eigenvalue weighted by atomic mass is 79.9. The van der Waals surface area contributed by atoms with E-state index in [-0.39, 0.29) is 5.41 Å². The normalized spacial score (nSPS) is 16.0. The van der Waals surface area contributed by atoms with Crippen LogP contribution in [0.2, 0.25) is 0 Å². The average molecular weight is 390 g/mol. The summed E-state index contributed by atoms with van der Waals surface area (Å²) in [4.78, 5) is 8.38. The third kappa shape index (κ3) is 4.38. The number of nitrogens with one attached hydrogen (secondary N) is 2. The van der Waals surface area contributed by atoms with Crippen molar-refractivity contribution >= 4 is 21.9 Å². The summed E-state index contributed by atoms with van der Waals surface area (Å²) in [5.41, 5.74) is 1.66. The maximum absolute atomic E-state index is 4.33. The molecule has 3 rings (SSSR count). The fourth-order valence-electron chi connectivity index (χ4n) is 2.90. The van der Waals surface area contributed by atoms with Crippen molar-refractivity contribution in [1.82, 2.24) is 20.2 Å². The summed E-state index contributed by atoms with van der Waals surface area (Å²) < 4.78 is 3.23. The summed E-state index contributed by atoms with van der Waals surface area (Å²) in [6.45, 7) is 2.78. The molecule has 0 amide bonds. The molecule has 1 fully saturated rings. The third-order valence-electron chi connectivity index (χ3n) is 4.55. The summed E-state index contributed by atoms with van der Waals surface area (Å²) >= 11 is 3.57. The number of nitrogens with zero attached hydrogens (tertiary/aromatic N) is 3. The van der Waals surface area contributed by atoms with Crippen LogP contribution in [-0.4, -0.2) is 35.6 Å². The van der Waals surface area contributed by atoms with E-state index >= 15 is 0 Å². The van der Waals surface area contributed by atoms with Crippen molar-refractivity contribution in [3.05, 3.63) is 53.0 Å². The number of aryl methyl sites for hydroxylation is 1. The predicted molar refractivity (Wildman–Crippen MR) is 101 cm³/mol. The van der Waals surface area contributed by atoms with Gasteiger partial charge >= 0.3 is 0 Å². The molecule has 128 valence electrons. The van der Waals surface area contributed by atoms with E-state index in [2.05, 4.69) is 65.4 Å². The fraction of sp³-hybridized carbons (Fsp3) is 0.444. The van der Waals surface area contributed by atoms with E-state index in [9.17, 15) is 0 Å². The van der Waals surface area contributed by atoms with Crippen molar-refractivity contribution in [2.45, 2.75) is 31.2 Å². The molecule has 6 heteroatoms. The van der Waals surface area contributed by atoms with Crippen LogP contribution >= 0.6 is 15.9 Å². The Morgan fingerprint density at radius 1 is 1.38 bits per heavy atom. The van der Waals surface area contributed by atoms with Gasteiger partial charge in [0, 0.05) is 49.0 Å². The molecule has 1 saturated carbocycles. The molecule has 0 unspecified atom stereocenters. The van der Waals surface area contributed by atoms with Crippen LogP contribution in [0.25, 0.3) is 0 Å². The van der Waals surface area contributed by atoms with Gasteiger partial charge in [-0.15, -0.1) is 0 Å². The number of rotatable bonds is 7. The zero-order chi connectivity index (χ0) is 16.8. The molecule has 2 N–H and O–H groups in total. The van der Waals surface area contributed by atoms with Gasteiger partial charge in [0.1, 0.15) is 0 Å². The van der Waals surface area contributed by atoms with Gasteiger partial charge in [-0.1, -0.05) is 28.1 Å². The van der Waals surface area contributed by atoms with Crippen molar-refractivity contribution in [2.24, 2.45) is 4.99 Å². The Balaban J connectivity index is 1.44. The van der Waals surface area contributed by atoms with Crippen molar-refractivity contribution in [1.29, 1.82) is 0 Å². The van der Waals surface area contributed by atoms with E-state index in [0.717, 1.165) is 36.5 Å². The van der Waals surface area contributed by atoms with E-state index < -0.39 is 0 Å². The second-order valence-corrected chi connectivity index (χ2v) is 7.21. The largest absolute Gasteiger partial charge is 0.356 e. The molecule has 2 aromatic rings. The zero-order valence-electron chi connectivity index (χ0n) is 14.0. The monoisotopic (exact) mass is 389 g/mol. The molecule has 0 spiro atoms. The lowest BCUT2D eigenvalue weighted by Gasteiger charge is -2.19. The molecule has 1 heterocycles. The lowest BCUT2D eigenvalue weighted by Crippen LogP contribution is -2.41. The molecule has 1 aliphatic rings. The summed E-state index contributed by atoms with van der Waals surface area (Å²) in [5.74, 6) is 0.877. The summed E-state index contributed by atoms with van der Waals surface area (Å²) in [7, 11) is 1.82. The molecule has 0 bridgehead atoms. The Morgan fingerprint density at radius 2 is 2.25 bits per heavy atom. The molecule has 0 atom stereocenters. The number of guanidine groups is 1. The van der Waals surface area contributed by atoms with Gasteiger partial charge in [0.25, 0.3) is 0 Å². The second kappa shape index (κ2) is 7.83. The predicted octanol–water partition coefficient (Wildman–Crippen LogP) is 2.93. The highest BCUT2D eigenvalue weighted by molar-refractivity contribution is 9.10. The summed E-state index contributed by atoms with van der Waals surface area (Å²) in [6, 6.07) is 8.65. The van der Waals surface area contributed by atoms with Crippen molar-refractivity contribution in [3.63, 3.8) is 0 Å². The van der Waals surface area contributed by atoms with Crippen LogP contribution in [-0.2, 0) is 12.0 Å². The lowest BCUT2D eigenvalue weighted by molar-refractivity contribution is 0.612. The van der Waals surface area contributed by atoms with E-state index in [1.807, 2.05) is 25.8 Å². The number of aromatic nitrogens is 2. The Bertz CT molecular complexity index is 676. The van der Waals surface area contributed by atoms with Crippen LogP contribution in [0.1, 0.15) is 24.8 Å². The first kappa shape index (κ1) is 17.0. The average Bonchev–Trinajstić information content (AvgIpc) is 3.21. The van der Waals surface area contributed by atoms with Crippen molar-refractivity contribution in [2.75, 3.05) is 20.1 Å². The van der Waals surface area contributed by atoms with Crippen LogP contribution in [0.15, 0.2) is 52.5 Å². The highest BCUT2D eigenvalue weighted by Gasteiger charge is 2.44. The molecule has 1 aliphatic carbocycles. The van der Waals surface area contributed by atoms with Gasteiger partial charge in [0.15, 0.2) is 5.96 Å². The Morgan fingerprint density at radius 3 is 2.92 bits per heavy atom. The molecule has 0 radical (unpaired) electrons. The minimum Gasteiger partial charge on any atom is -0.356 e. The molecule has 1 aromatic heterocycles. The Kier molecular flexibility index (Phi) is 5.56. The van der Waals surface area contributed by atoms with Gasteiger partial charge in [-0.05, 0) is 37.0 Å². The van der Waals surface area contributed by atoms with Crippen LogP contribution in [0.3, 0.4) is 0 Å². The second-order valence-electron chi connectivity index (χ2n) is 6.30. The van der Waals surface area contributed by atoms with E-state index in [1.165, 1.54) is 18.4 Å². The van der Waals surface area contributed by atoms with Gasteiger partial charge in [-0.2, -0.15) is 0 Å². The van der Waals surface area contributed by atoms with Crippen LogP contribution in [0.5, 0.6) is 0 Å². The highest BCUT2D eigenvalue weighted by Crippen LogP contribution is 2.48. The van der Waals surface area contributed by atoms with Crippen molar-refractivity contribution in [3.8, 4) is 0 Å². The molecule has 0 saturated heterocycles. The molecule has 1 aromatic carbocycles. The van der Waals surface area contributed by atoms with E-state index in [1.54, 1.807) is 0 Å². The summed E-state index contributed by atoms with van der Waals surface area (Å²) in [5, 5.41) is 6.88. The minimum absolute atomic E-state index is 0.262. The van der Waals surface area contributed by atoms with Crippen LogP contribution < -0.4 is 10.6 Å². The SMILES string of the molecule is CN=C(NCCCn1ccnc1)NCC1(c2cccc(Br)c2)CC1. The van der Waals surface area contributed by atoms with E-state index in [4.69, 9.17) is 0 Å². The molecular formula is C18H24BrN5. The topological polar surface area (TPSA) is 54.2 Å². The number of benzene rings is 1. The Hall–Kier alpha value is -1.82. The first-order valence-electron chi connectivity index (χ1n) is 8.38. The number of halogens is 1. The lowest BCUT2D eigenvalue weighted by atomic mass is 9.96. The fourth-order valence-corrected chi connectivity index (χ4v) is 3.30. The first-order chi connectivity index (χ1) is 11.7. The van der Waals surface area contributed by atoms with Gasteiger partial charge in [-0.3, -0.25) is 4.99 Å². The van der Waals surface area contributed by atoms with Crippen LogP contribution in [0.4, 0.5) is 0 Å². The van der Waals surface area contributed by atoms with Gasteiger partial charge in [-0.25, -0.2) is 4.98 Å². The minimum atomic E-state index is 0.262. The molecular weight excluding hydrogens is 366 g/mol. The number of hydrogen-bond donors (Lipinski definition) is 2. The van der Waals surface area contributed by atoms with Crippen molar-refractivity contribution < 1.29 is 0 Å². The molecule has 5 nitrogen and oxygen atoms in total. The first-order valence-corrected chi connectivity index (χ1v) is 9.17. The number of imidazole rings is 1. The maximum atomic E-state index is 4.33. The zero-order valence-corrected chi connectivity index (χ0v) is 15.6. The smallest absolute Gasteiger partial charge is 0.191 e. The van der Waals surface area contributed by atoms with E-state index in [0.29, 0.717) is 0 Å². The maximum Gasteiger partial charge on any atom is 0.191 e. The van der Waals surface area contributed by atoms with Gasteiger partial charge < -0.3 is 15.2 Å². The quantitative estimate of drug-likeness (QED) is 0.434.